The molecule has 0 aliphatic carbocycles. The molecule has 3 nitrogen and oxygen atoms in total. The second-order valence-electron chi connectivity index (χ2n) is 7.03. The average Bonchev–Trinajstić information content (AvgIpc) is 2.71. The summed E-state index contributed by atoms with van der Waals surface area (Å²) in [6.07, 6.45) is 1.98. The first kappa shape index (κ1) is 21.3. The number of halogens is 2. The highest BCUT2D eigenvalue weighted by atomic mass is 35.5. The lowest BCUT2D eigenvalue weighted by atomic mass is 10.0. The Hall–Kier alpha value is -3.42. The molecule has 30 heavy (non-hydrogen) atoms. The van der Waals surface area contributed by atoms with Crippen molar-refractivity contribution in [2.24, 2.45) is 0 Å². The van der Waals surface area contributed by atoms with Gasteiger partial charge in [-0.05, 0) is 78.4 Å². The number of nitrogens with zero attached hydrogens (tertiary/aromatic N) is 1. The van der Waals surface area contributed by atoms with Crippen molar-refractivity contribution < 1.29 is 9.18 Å². The Labute approximate surface area is 180 Å². The lowest BCUT2D eigenvalue weighted by Gasteiger charge is -2.10. The minimum atomic E-state index is -0.480. The fraction of sp³-hybridized carbons (Fsp3) is 0.120. The van der Waals surface area contributed by atoms with Gasteiger partial charge >= 0.3 is 0 Å². The maximum absolute atomic E-state index is 13.4. The van der Waals surface area contributed by atoms with E-state index in [-0.39, 0.29) is 11.4 Å². The van der Waals surface area contributed by atoms with Gasteiger partial charge in [0.1, 0.15) is 17.5 Å². The second kappa shape index (κ2) is 9.39. The molecule has 3 aromatic rings. The molecule has 3 rings (SSSR count). The molecule has 0 fully saturated rings. The van der Waals surface area contributed by atoms with Crippen molar-refractivity contribution in [2.45, 2.75) is 20.3 Å². The summed E-state index contributed by atoms with van der Waals surface area (Å²) >= 11 is 6.39. The van der Waals surface area contributed by atoms with Gasteiger partial charge in [0.15, 0.2) is 0 Å². The Morgan fingerprint density at radius 1 is 1.13 bits per heavy atom. The molecule has 0 saturated carbocycles. The molecular weight excluding hydrogens is 399 g/mol. The molecule has 0 aromatic heterocycles. The van der Waals surface area contributed by atoms with E-state index in [9.17, 15) is 14.4 Å². The quantitative estimate of drug-likeness (QED) is 0.394. The zero-order valence-electron chi connectivity index (χ0n) is 16.7. The number of anilines is 1. The van der Waals surface area contributed by atoms with E-state index >= 15 is 0 Å². The zero-order chi connectivity index (χ0) is 21.7. The molecule has 0 bridgehead atoms. The predicted molar refractivity (Wildman–Crippen MR) is 119 cm³/mol. The fourth-order valence-electron chi connectivity index (χ4n) is 3.05. The van der Waals surface area contributed by atoms with Crippen LogP contribution in [0.1, 0.15) is 27.8 Å². The van der Waals surface area contributed by atoms with Crippen LogP contribution in [-0.2, 0) is 11.2 Å². The monoisotopic (exact) mass is 418 g/mol. The molecule has 1 amide bonds. The highest BCUT2D eigenvalue weighted by Gasteiger charge is 2.12. The first-order chi connectivity index (χ1) is 14.4. The van der Waals surface area contributed by atoms with E-state index in [4.69, 9.17) is 11.6 Å². The SMILES string of the molecule is Cc1cccc(NC(=O)/C(C#N)=C/c2ccc(Cc3cccc(F)c3)c(Cl)c2)c1C. The Morgan fingerprint density at radius 3 is 2.60 bits per heavy atom. The smallest absolute Gasteiger partial charge is 0.266 e. The van der Waals surface area contributed by atoms with Crippen molar-refractivity contribution in [1.82, 2.24) is 0 Å². The summed E-state index contributed by atoms with van der Waals surface area (Å²) in [5.74, 6) is -0.775. The summed E-state index contributed by atoms with van der Waals surface area (Å²) in [6, 6.07) is 19.2. The van der Waals surface area contributed by atoms with E-state index in [1.807, 2.05) is 44.2 Å². The molecule has 0 atom stereocenters. The summed E-state index contributed by atoms with van der Waals surface area (Å²) in [5, 5.41) is 12.7. The van der Waals surface area contributed by atoms with Crippen LogP contribution in [0.4, 0.5) is 10.1 Å². The lowest BCUT2D eigenvalue weighted by molar-refractivity contribution is -0.112. The van der Waals surface area contributed by atoms with Crippen molar-refractivity contribution in [1.29, 1.82) is 5.26 Å². The van der Waals surface area contributed by atoms with E-state index in [1.54, 1.807) is 24.3 Å². The van der Waals surface area contributed by atoms with Crippen LogP contribution in [0, 0.1) is 31.0 Å². The highest BCUT2D eigenvalue weighted by molar-refractivity contribution is 6.31. The molecular formula is C25H20ClFN2O. The van der Waals surface area contributed by atoms with Gasteiger partial charge in [-0.15, -0.1) is 0 Å². The van der Waals surface area contributed by atoms with Crippen molar-refractivity contribution in [3.8, 4) is 6.07 Å². The molecule has 3 aromatic carbocycles. The van der Waals surface area contributed by atoms with Gasteiger partial charge in [0.05, 0.1) is 0 Å². The van der Waals surface area contributed by atoms with E-state index in [0.717, 1.165) is 22.3 Å². The van der Waals surface area contributed by atoms with Gasteiger partial charge in [-0.25, -0.2) is 4.39 Å². The van der Waals surface area contributed by atoms with Crippen LogP contribution in [0.25, 0.3) is 6.08 Å². The van der Waals surface area contributed by atoms with Gasteiger partial charge in [-0.3, -0.25) is 4.79 Å². The van der Waals surface area contributed by atoms with Crippen LogP contribution in [0.2, 0.25) is 5.02 Å². The number of hydrogen-bond donors (Lipinski definition) is 1. The lowest BCUT2D eigenvalue weighted by Crippen LogP contribution is -2.14. The number of nitriles is 1. The van der Waals surface area contributed by atoms with Gasteiger partial charge in [0.25, 0.3) is 5.91 Å². The number of carbonyl (C=O) groups excluding carboxylic acids is 1. The molecule has 0 spiro atoms. The molecule has 5 heteroatoms. The molecule has 1 N–H and O–H groups in total. The van der Waals surface area contributed by atoms with E-state index in [0.29, 0.717) is 22.7 Å². The Morgan fingerprint density at radius 2 is 1.90 bits per heavy atom. The third-order valence-electron chi connectivity index (χ3n) is 4.89. The number of rotatable bonds is 5. The fourth-order valence-corrected chi connectivity index (χ4v) is 3.31. The van der Waals surface area contributed by atoms with E-state index in [2.05, 4.69) is 5.32 Å². The van der Waals surface area contributed by atoms with Gasteiger partial charge < -0.3 is 5.32 Å². The minimum Gasteiger partial charge on any atom is -0.321 e. The van der Waals surface area contributed by atoms with Crippen LogP contribution in [-0.4, -0.2) is 5.91 Å². The first-order valence-corrected chi connectivity index (χ1v) is 9.77. The van der Waals surface area contributed by atoms with Crippen molar-refractivity contribution in [3.63, 3.8) is 0 Å². The second-order valence-corrected chi connectivity index (χ2v) is 7.44. The van der Waals surface area contributed by atoms with Crippen LogP contribution >= 0.6 is 11.6 Å². The third kappa shape index (κ3) is 5.14. The van der Waals surface area contributed by atoms with Gasteiger partial charge in [-0.2, -0.15) is 5.26 Å². The number of amides is 1. The standard InChI is InChI=1S/C25H20ClFN2O/c1-16-5-3-8-24(17(16)2)29-25(30)21(15-28)12-19-9-10-20(23(26)14-19)11-18-6-4-7-22(27)13-18/h3-10,12-14H,11H2,1-2H3,(H,29,30)/b21-12+. The maximum atomic E-state index is 13.4. The summed E-state index contributed by atoms with van der Waals surface area (Å²) in [7, 11) is 0. The van der Waals surface area contributed by atoms with Gasteiger partial charge in [-0.1, -0.05) is 48.0 Å². The molecule has 0 radical (unpaired) electrons. The molecule has 0 aliphatic heterocycles. The first-order valence-electron chi connectivity index (χ1n) is 9.39. The number of carbonyl (C=O) groups is 1. The normalized spacial score (nSPS) is 11.1. The number of benzene rings is 3. The van der Waals surface area contributed by atoms with Crippen LogP contribution < -0.4 is 5.32 Å². The van der Waals surface area contributed by atoms with Crippen LogP contribution in [0.5, 0.6) is 0 Å². The number of aryl methyl sites for hydroxylation is 1. The van der Waals surface area contributed by atoms with Gasteiger partial charge in [0, 0.05) is 10.7 Å². The Balaban J connectivity index is 1.80. The highest BCUT2D eigenvalue weighted by Crippen LogP contribution is 2.23. The Bertz CT molecular complexity index is 1180. The van der Waals surface area contributed by atoms with Crippen molar-refractivity contribution >= 4 is 29.3 Å². The predicted octanol–water partition coefficient (Wildman–Crippen LogP) is 6.23. The summed E-state index contributed by atoms with van der Waals surface area (Å²) in [5.41, 5.74) is 4.93. The maximum Gasteiger partial charge on any atom is 0.266 e. The van der Waals surface area contributed by atoms with Crippen LogP contribution in [0.15, 0.2) is 66.2 Å². The van der Waals surface area contributed by atoms with E-state index in [1.165, 1.54) is 18.2 Å². The summed E-state index contributed by atoms with van der Waals surface area (Å²) in [6.45, 7) is 3.87. The topological polar surface area (TPSA) is 52.9 Å². The summed E-state index contributed by atoms with van der Waals surface area (Å²) in [4.78, 5) is 12.6. The largest absolute Gasteiger partial charge is 0.321 e. The molecule has 0 saturated heterocycles. The van der Waals surface area contributed by atoms with Crippen molar-refractivity contribution in [3.05, 3.63) is 105 Å². The number of hydrogen-bond acceptors (Lipinski definition) is 2. The third-order valence-corrected chi connectivity index (χ3v) is 5.24. The average molecular weight is 419 g/mol. The summed E-state index contributed by atoms with van der Waals surface area (Å²) < 4.78 is 13.4. The van der Waals surface area contributed by atoms with E-state index < -0.39 is 5.91 Å². The van der Waals surface area contributed by atoms with Crippen molar-refractivity contribution in [2.75, 3.05) is 5.32 Å². The van der Waals surface area contributed by atoms with Crippen LogP contribution in [0.3, 0.4) is 0 Å². The number of nitrogens with one attached hydrogen (secondary N) is 1. The molecule has 0 unspecified atom stereocenters. The zero-order valence-corrected chi connectivity index (χ0v) is 17.4. The molecule has 0 aliphatic rings. The molecule has 0 heterocycles. The Kier molecular flexibility index (Phi) is 6.66. The minimum absolute atomic E-state index is 0.0233. The molecule has 150 valence electrons. The van der Waals surface area contributed by atoms with Gasteiger partial charge in [0.2, 0.25) is 0 Å².